The Kier molecular flexibility index (Phi) is 12.5. The van der Waals surface area contributed by atoms with Crippen LogP contribution in [-0.4, -0.2) is 70.1 Å². The average Bonchev–Trinajstić information content (AvgIpc) is 2.83. The molecule has 12 nitrogen and oxygen atoms in total. The van der Waals surface area contributed by atoms with Gasteiger partial charge in [0.05, 0.1) is 12.1 Å². The van der Waals surface area contributed by atoms with Gasteiger partial charge in [-0.3, -0.25) is 19.2 Å². The summed E-state index contributed by atoms with van der Waals surface area (Å²) in [5, 5.41) is 27.0. The Morgan fingerprint density at radius 2 is 1.47 bits per heavy atom. The minimum Gasteiger partial charge on any atom is -0.480 e. The number of carboxylic acid groups (broad SMARTS) is 1. The van der Waals surface area contributed by atoms with Crippen molar-refractivity contribution < 1.29 is 34.2 Å². The lowest BCUT2D eigenvalue weighted by Gasteiger charge is -2.29. The van der Waals surface area contributed by atoms with Gasteiger partial charge in [0.25, 0.3) is 0 Å². The van der Waals surface area contributed by atoms with Gasteiger partial charge in [0.2, 0.25) is 23.6 Å². The summed E-state index contributed by atoms with van der Waals surface area (Å²) in [6.07, 6.45) is -0.999. The molecule has 9 N–H and O–H groups in total. The number of aliphatic carboxylic acids is 1. The summed E-state index contributed by atoms with van der Waals surface area (Å²) in [7, 11) is 0. The zero-order chi connectivity index (χ0) is 27.4. The maximum atomic E-state index is 13.0. The van der Waals surface area contributed by atoms with Gasteiger partial charge in [-0.05, 0) is 24.8 Å². The Morgan fingerprint density at radius 3 is 1.97 bits per heavy atom. The monoisotopic (exact) mass is 507 g/mol. The number of hydrogen-bond donors (Lipinski definition) is 7. The molecule has 0 aliphatic carbocycles. The van der Waals surface area contributed by atoms with Gasteiger partial charge >= 0.3 is 5.97 Å². The summed E-state index contributed by atoms with van der Waals surface area (Å²) in [5.74, 6) is -4.60. The molecule has 0 saturated heterocycles. The van der Waals surface area contributed by atoms with E-state index in [0.717, 1.165) is 0 Å². The van der Waals surface area contributed by atoms with E-state index in [1.165, 1.54) is 6.92 Å². The summed E-state index contributed by atoms with van der Waals surface area (Å²) in [6, 6.07) is 3.70. The first-order valence-electron chi connectivity index (χ1n) is 11.8. The van der Waals surface area contributed by atoms with Crippen LogP contribution in [0, 0.1) is 5.92 Å². The maximum Gasteiger partial charge on any atom is 0.326 e. The van der Waals surface area contributed by atoms with Crippen molar-refractivity contribution >= 4 is 29.6 Å². The van der Waals surface area contributed by atoms with Crippen LogP contribution in [0.5, 0.6) is 0 Å². The minimum atomic E-state index is -1.48. The number of carbonyl (C=O) groups is 5. The van der Waals surface area contributed by atoms with Crippen LogP contribution >= 0.6 is 0 Å². The first-order valence-corrected chi connectivity index (χ1v) is 11.8. The van der Waals surface area contributed by atoms with E-state index in [9.17, 15) is 34.2 Å². The van der Waals surface area contributed by atoms with E-state index in [-0.39, 0.29) is 25.2 Å². The van der Waals surface area contributed by atoms with Crippen molar-refractivity contribution in [3.63, 3.8) is 0 Å². The number of carboxylic acids is 1. The molecule has 1 aromatic rings. The lowest BCUT2D eigenvalue weighted by atomic mass is 9.96. The van der Waals surface area contributed by atoms with Crippen LogP contribution in [0.1, 0.15) is 45.6 Å². The topological polar surface area (TPSA) is 214 Å². The van der Waals surface area contributed by atoms with E-state index >= 15 is 0 Å². The highest BCUT2D eigenvalue weighted by Gasteiger charge is 2.34. The van der Waals surface area contributed by atoms with Gasteiger partial charge in [0.1, 0.15) is 18.1 Å². The number of aliphatic hydroxyl groups excluding tert-OH is 1. The Morgan fingerprint density at radius 1 is 0.917 bits per heavy atom. The quantitative estimate of drug-likeness (QED) is 0.152. The van der Waals surface area contributed by atoms with Crippen LogP contribution < -0.4 is 27.4 Å². The lowest BCUT2D eigenvalue weighted by molar-refractivity contribution is -0.143. The highest BCUT2D eigenvalue weighted by Crippen LogP contribution is 2.10. The molecular formula is C24H37N5O7. The molecule has 200 valence electrons. The fourth-order valence-corrected chi connectivity index (χ4v) is 3.35. The third-order valence-electron chi connectivity index (χ3n) is 5.79. The Labute approximate surface area is 210 Å². The highest BCUT2D eigenvalue weighted by atomic mass is 16.4. The lowest BCUT2D eigenvalue weighted by Crippen LogP contribution is -2.61. The molecule has 6 atom stereocenters. The summed E-state index contributed by atoms with van der Waals surface area (Å²) < 4.78 is 0. The van der Waals surface area contributed by atoms with E-state index in [2.05, 4.69) is 16.0 Å². The van der Waals surface area contributed by atoms with Crippen molar-refractivity contribution in [2.24, 2.45) is 17.4 Å². The number of carbonyl (C=O) groups excluding carboxylic acids is 4. The first-order chi connectivity index (χ1) is 16.9. The van der Waals surface area contributed by atoms with Crippen LogP contribution in [-0.2, 0) is 30.4 Å². The van der Waals surface area contributed by atoms with E-state index in [0.29, 0.717) is 12.0 Å². The molecule has 0 radical (unpaired) electrons. The molecule has 1 aromatic carbocycles. The second-order valence-electron chi connectivity index (χ2n) is 8.80. The summed E-state index contributed by atoms with van der Waals surface area (Å²) in [6.45, 7) is 4.77. The van der Waals surface area contributed by atoms with Gasteiger partial charge in [0, 0.05) is 12.8 Å². The number of benzene rings is 1. The second kappa shape index (κ2) is 14.8. The van der Waals surface area contributed by atoms with Gasteiger partial charge in [-0.2, -0.15) is 0 Å². The van der Waals surface area contributed by atoms with Gasteiger partial charge in [0.15, 0.2) is 0 Å². The van der Waals surface area contributed by atoms with Crippen LogP contribution in [0.2, 0.25) is 0 Å². The van der Waals surface area contributed by atoms with Crippen molar-refractivity contribution in [3.8, 4) is 0 Å². The standard InChI is InChI=1S/C24H37N5O7/c1-4-13(2)19(28-21(32)16(25)10-11-18(26)31)22(33)29-20(14(3)30)23(34)27-17(24(35)36)12-15-8-6-5-7-9-15/h5-9,13-14,16-17,19-20,30H,4,10-12,25H2,1-3H3,(H2,26,31)(H,27,34)(H,28,32)(H,29,33)(H,35,36). The molecular weight excluding hydrogens is 470 g/mol. The smallest absolute Gasteiger partial charge is 0.326 e. The molecule has 12 heteroatoms. The van der Waals surface area contributed by atoms with Crippen molar-refractivity contribution in [2.45, 2.75) is 76.7 Å². The number of nitrogens with one attached hydrogen (secondary N) is 3. The molecule has 0 fully saturated rings. The number of rotatable bonds is 15. The van der Waals surface area contributed by atoms with Crippen LogP contribution in [0.3, 0.4) is 0 Å². The van der Waals surface area contributed by atoms with Crippen molar-refractivity contribution in [3.05, 3.63) is 35.9 Å². The Bertz CT molecular complexity index is 909. The number of primary amides is 1. The molecule has 4 amide bonds. The molecule has 0 bridgehead atoms. The van der Waals surface area contributed by atoms with Gasteiger partial charge in [-0.1, -0.05) is 50.6 Å². The highest BCUT2D eigenvalue weighted by molar-refractivity contribution is 5.94. The summed E-state index contributed by atoms with van der Waals surface area (Å²) in [4.78, 5) is 61.1. The molecule has 0 spiro atoms. The van der Waals surface area contributed by atoms with E-state index in [4.69, 9.17) is 11.5 Å². The molecule has 0 saturated carbocycles. The third kappa shape index (κ3) is 10.0. The maximum absolute atomic E-state index is 13.0. The Balaban J connectivity index is 2.96. The largest absolute Gasteiger partial charge is 0.480 e. The van der Waals surface area contributed by atoms with Crippen molar-refractivity contribution in [1.82, 2.24) is 16.0 Å². The predicted molar refractivity (Wildman–Crippen MR) is 131 cm³/mol. The number of aliphatic hydroxyl groups is 1. The van der Waals surface area contributed by atoms with Crippen LogP contribution in [0.25, 0.3) is 0 Å². The number of nitrogens with two attached hydrogens (primary N) is 2. The third-order valence-corrected chi connectivity index (χ3v) is 5.79. The number of amides is 4. The van der Waals surface area contributed by atoms with Gasteiger partial charge in [-0.15, -0.1) is 0 Å². The fourth-order valence-electron chi connectivity index (χ4n) is 3.35. The average molecular weight is 508 g/mol. The van der Waals surface area contributed by atoms with E-state index < -0.39 is 59.9 Å². The van der Waals surface area contributed by atoms with Crippen molar-refractivity contribution in [2.75, 3.05) is 0 Å². The molecule has 0 aliphatic heterocycles. The zero-order valence-electron chi connectivity index (χ0n) is 20.8. The second-order valence-corrected chi connectivity index (χ2v) is 8.80. The minimum absolute atomic E-state index is 0.00285. The summed E-state index contributed by atoms with van der Waals surface area (Å²) in [5.41, 5.74) is 11.5. The van der Waals surface area contributed by atoms with Gasteiger partial charge in [-0.25, -0.2) is 4.79 Å². The summed E-state index contributed by atoms with van der Waals surface area (Å²) >= 11 is 0. The SMILES string of the molecule is CCC(C)C(NC(=O)C(N)CCC(N)=O)C(=O)NC(C(=O)NC(Cc1ccccc1)C(=O)O)C(C)O. The van der Waals surface area contributed by atoms with Crippen LogP contribution in [0.4, 0.5) is 0 Å². The number of hydrogen-bond acceptors (Lipinski definition) is 7. The van der Waals surface area contributed by atoms with E-state index in [1.807, 2.05) is 0 Å². The fraction of sp³-hybridized carbons (Fsp3) is 0.542. The molecule has 0 aromatic heterocycles. The molecule has 36 heavy (non-hydrogen) atoms. The molecule has 6 unspecified atom stereocenters. The normalized spacial score (nSPS) is 15.9. The van der Waals surface area contributed by atoms with Crippen LogP contribution in [0.15, 0.2) is 30.3 Å². The zero-order valence-corrected chi connectivity index (χ0v) is 20.8. The van der Waals surface area contributed by atoms with E-state index in [1.54, 1.807) is 44.2 Å². The van der Waals surface area contributed by atoms with Crippen molar-refractivity contribution in [1.29, 1.82) is 0 Å². The van der Waals surface area contributed by atoms with Gasteiger partial charge < -0.3 is 37.6 Å². The predicted octanol–water partition coefficient (Wildman–Crippen LogP) is -1.21. The molecule has 0 aliphatic rings. The molecule has 0 heterocycles. The molecule has 1 rings (SSSR count). The Hall–Kier alpha value is -3.51. The first kappa shape index (κ1) is 30.5.